The molecule has 0 aromatic heterocycles. The van der Waals surface area contributed by atoms with Crippen LogP contribution in [0, 0.1) is 0 Å². The van der Waals surface area contributed by atoms with Gasteiger partial charge in [0.25, 0.3) is 0 Å². The van der Waals surface area contributed by atoms with Crippen LogP contribution in [0.15, 0.2) is 40.5 Å². The van der Waals surface area contributed by atoms with Gasteiger partial charge in [0, 0.05) is 0 Å². The van der Waals surface area contributed by atoms with Gasteiger partial charge in [-0.3, -0.25) is 5.21 Å². The van der Waals surface area contributed by atoms with Gasteiger partial charge < -0.3 is 5.73 Å². The van der Waals surface area contributed by atoms with Crippen LogP contribution in [0.2, 0.25) is 0 Å². The maximum absolute atomic E-state index is 8.34. The van der Waals surface area contributed by atoms with Crippen LogP contribution in [0.3, 0.4) is 0 Å². The lowest BCUT2D eigenvalue weighted by atomic mass is 10.1. The van der Waals surface area contributed by atoms with E-state index >= 15 is 0 Å². The van der Waals surface area contributed by atoms with E-state index in [1.54, 1.807) is 5.48 Å². The van der Waals surface area contributed by atoms with Crippen molar-refractivity contribution in [3.05, 3.63) is 35.9 Å². The second-order valence-corrected chi connectivity index (χ2v) is 2.65. The van der Waals surface area contributed by atoms with Crippen LogP contribution >= 0.6 is 24.0 Å². The molecule has 0 aliphatic rings. The summed E-state index contributed by atoms with van der Waals surface area (Å²) in [7, 11) is 0. The second kappa shape index (κ2) is 7.18. The minimum Gasteiger partial charge on any atom is -0.367 e. The van der Waals surface area contributed by atoms with E-state index in [1.165, 1.54) is 0 Å². The second-order valence-electron chi connectivity index (χ2n) is 2.65. The van der Waals surface area contributed by atoms with Crippen LogP contribution in [0.1, 0.15) is 12.5 Å². The molecule has 0 heterocycles. The van der Waals surface area contributed by atoms with Crippen molar-refractivity contribution in [1.82, 2.24) is 5.48 Å². The summed E-state index contributed by atoms with van der Waals surface area (Å²) >= 11 is 0. The Labute approximate surface area is 105 Å². The lowest BCUT2D eigenvalue weighted by molar-refractivity contribution is 0.232. The Morgan fingerprint density at radius 1 is 1.27 bits per heavy atom. The van der Waals surface area contributed by atoms with Crippen molar-refractivity contribution >= 4 is 35.6 Å². The van der Waals surface area contributed by atoms with Crippen LogP contribution in [0.25, 0.3) is 0 Å². The maximum atomic E-state index is 8.34. The van der Waals surface area contributed by atoms with Gasteiger partial charge in [0.15, 0.2) is 0 Å². The molecular weight excluding hydrogens is 307 g/mol. The number of nitrogens with two attached hydrogens (primary N) is 1. The molecule has 0 aliphatic carbocycles. The molecule has 1 rings (SSSR count). The summed E-state index contributed by atoms with van der Waals surface area (Å²) in [6, 6.07) is 9.56. The van der Waals surface area contributed by atoms with E-state index in [4.69, 9.17) is 10.9 Å². The molecule has 0 atom stereocenters. The molecule has 0 fully saturated rings. The normalized spacial score (nSPS) is 11.9. The van der Waals surface area contributed by atoms with Gasteiger partial charge in [-0.2, -0.15) is 5.10 Å². The Kier molecular flexibility index (Phi) is 6.63. The van der Waals surface area contributed by atoms with Gasteiger partial charge in [-0.25, -0.2) is 5.48 Å². The van der Waals surface area contributed by atoms with Gasteiger partial charge in [-0.1, -0.05) is 30.3 Å². The zero-order valence-electron chi connectivity index (χ0n) is 8.21. The lowest BCUT2D eigenvalue weighted by Crippen LogP contribution is -2.27. The largest absolute Gasteiger partial charge is 0.367 e. The molecule has 0 saturated heterocycles. The zero-order chi connectivity index (χ0) is 10.4. The first-order valence-electron chi connectivity index (χ1n) is 4.07. The third-order valence-electron chi connectivity index (χ3n) is 1.61. The first kappa shape index (κ1) is 13.8. The number of halogens is 1. The average molecular weight is 320 g/mol. The van der Waals surface area contributed by atoms with E-state index in [1.807, 2.05) is 37.3 Å². The SMILES string of the molecule is C/C(=N\N=C(/N)NO)c1ccccc1.I. The molecule has 0 radical (unpaired) electrons. The van der Waals surface area contributed by atoms with Crippen molar-refractivity contribution in [3.8, 4) is 0 Å². The molecule has 0 spiro atoms. The van der Waals surface area contributed by atoms with Gasteiger partial charge in [-0.15, -0.1) is 29.1 Å². The standard InChI is InChI=1S/C9H12N4O.HI/c1-7(11-12-9(10)13-14)8-5-3-2-4-6-8;/h2-6,14H,1H3,(H3,10,12,13);1H/b11-7+;. The Morgan fingerprint density at radius 2 is 1.87 bits per heavy atom. The van der Waals surface area contributed by atoms with E-state index in [0.717, 1.165) is 11.3 Å². The van der Waals surface area contributed by atoms with Gasteiger partial charge >= 0.3 is 0 Å². The van der Waals surface area contributed by atoms with Gasteiger partial charge in [-0.05, 0) is 12.5 Å². The Balaban J connectivity index is 0.00000196. The summed E-state index contributed by atoms with van der Waals surface area (Å²) < 4.78 is 0. The van der Waals surface area contributed by atoms with Crippen LogP contribution in [-0.4, -0.2) is 16.9 Å². The van der Waals surface area contributed by atoms with Crippen LogP contribution in [0.5, 0.6) is 0 Å². The molecule has 0 amide bonds. The topological polar surface area (TPSA) is 83.0 Å². The third kappa shape index (κ3) is 4.75. The Hall–Kier alpha value is -1.15. The van der Waals surface area contributed by atoms with Crippen molar-refractivity contribution in [2.24, 2.45) is 15.9 Å². The molecule has 82 valence electrons. The fourth-order valence-electron chi connectivity index (χ4n) is 0.888. The summed E-state index contributed by atoms with van der Waals surface area (Å²) in [5.41, 5.74) is 8.56. The van der Waals surface area contributed by atoms with Crippen molar-refractivity contribution in [2.75, 3.05) is 0 Å². The Bertz CT molecular complexity index is 350. The number of nitrogens with zero attached hydrogens (tertiary/aromatic N) is 2. The molecule has 0 bridgehead atoms. The molecular formula is C9H13IN4O. The van der Waals surface area contributed by atoms with Crippen LogP contribution in [-0.2, 0) is 0 Å². The first-order chi connectivity index (χ1) is 6.74. The van der Waals surface area contributed by atoms with E-state index in [-0.39, 0.29) is 29.9 Å². The van der Waals surface area contributed by atoms with Gasteiger partial charge in [0.2, 0.25) is 5.96 Å². The number of hydroxylamine groups is 1. The molecule has 1 aromatic carbocycles. The molecule has 0 unspecified atom stereocenters. The number of guanidine groups is 1. The monoisotopic (exact) mass is 320 g/mol. The highest BCUT2D eigenvalue weighted by Crippen LogP contribution is 2.00. The number of nitrogens with one attached hydrogen (secondary N) is 1. The quantitative estimate of drug-likeness (QED) is 0.333. The number of hydrogen-bond acceptors (Lipinski definition) is 3. The molecule has 1 aromatic rings. The molecule has 0 saturated carbocycles. The van der Waals surface area contributed by atoms with E-state index in [0.29, 0.717) is 0 Å². The molecule has 15 heavy (non-hydrogen) atoms. The highest BCUT2D eigenvalue weighted by atomic mass is 127. The van der Waals surface area contributed by atoms with Crippen molar-refractivity contribution in [3.63, 3.8) is 0 Å². The molecule has 6 heteroatoms. The number of rotatable bonds is 2. The lowest BCUT2D eigenvalue weighted by Gasteiger charge is -1.97. The van der Waals surface area contributed by atoms with E-state index in [9.17, 15) is 0 Å². The summed E-state index contributed by atoms with van der Waals surface area (Å²) in [4.78, 5) is 0. The summed E-state index contributed by atoms with van der Waals surface area (Å²) in [5.74, 6) is -0.139. The summed E-state index contributed by atoms with van der Waals surface area (Å²) in [5, 5.41) is 15.7. The van der Waals surface area contributed by atoms with E-state index < -0.39 is 0 Å². The van der Waals surface area contributed by atoms with Crippen LogP contribution < -0.4 is 11.2 Å². The molecule has 5 nitrogen and oxygen atoms in total. The average Bonchev–Trinajstić information content (AvgIpc) is 2.26. The van der Waals surface area contributed by atoms with Crippen LogP contribution in [0.4, 0.5) is 0 Å². The number of benzene rings is 1. The fraction of sp³-hybridized carbons (Fsp3) is 0.111. The molecule has 0 aliphatic heterocycles. The number of hydrogen-bond donors (Lipinski definition) is 3. The van der Waals surface area contributed by atoms with Gasteiger partial charge in [0.1, 0.15) is 0 Å². The predicted molar refractivity (Wildman–Crippen MR) is 70.6 cm³/mol. The summed E-state index contributed by atoms with van der Waals surface area (Å²) in [6.07, 6.45) is 0. The highest BCUT2D eigenvalue weighted by Gasteiger charge is 1.94. The molecule has 4 N–H and O–H groups in total. The van der Waals surface area contributed by atoms with E-state index in [2.05, 4.69) is 10.2 Å². The zero-order valence-corrected chi connectivity index (χ0v) is 10.5. The Morgan fingerprint density at radius 3 is 2.40 bits per heavy atom. The first-order valence-corrected chi connectivity index (χ1v) is 4.07. The van der Waals surface area contributed by atoms with Gasteiger partial charge in [0.05, 0.1) is 5.71 Å². The van der Waals surface area contributed by atoms with Crippen molar-refractivity contribution < 1.29 is 5.21 Å². The summed E-state index contributed by atoms with van der Waals surface area (Å²) in [6.45, 7) is 1.81. The minimum absolute atomic E-state index is 0. The predicted octanol–water partition coefficient (Wildman–Crippen LogP) is 1.32. The smallest absolute Gasteiger partial charge is 0.237 e. The fourth-order valence-corrected chi connectivity index (χ4v) is 0.888. The third-order valence-corrected chi connectivity index (χ3v) is 1.61. The van der Waals surface area contributed by atoms with Crippen molar-refractivity contribution in [1.29, 1.82) is 0 Å². The maximum Gasteiger partial charge on any atom is 0.237 e. The highest BCUT2D eigenvalue weighted by molar-refractivity contribution is 14.0. The minimum atomic E-state index is -0.139. The van der Waals surface area contributed by atoms with Crippen molar-refractivity contribution in [2.45, 2.75) is 6.92 Å².